The summed E-state index contributed by atoms with van der Waals surface area (Å²) in [5, 5.41) is 2.41. The average Bonchev–Trinajstić information content (AvgIpc) is 2.14. The first-order valence-electron chi connectivity index (χ1n) is 2.22. The molecule has 1 aliphatic rings. The largest absolute Gasteiger partial charge is 0.446 e. The zero-order valence-corrected chi connectivity index (χ0v) is 4.18. The summed E-state index contributed by atoms with van der Waals surface area (Å²) >= 11 is 0. The van der Waals surface area contributed by atoms with Gasteiger partial charge in [0, 0.05) is 0 Å². The van der Waals surface area contributed by atoms with Gasteiger partial charge in [-0.1, -0.05) is 5.92 Å². The lowest BCUT2D eigenvalue weighted by molar-refractivity contribution is 0.177. The number of carbonyl (C=O) groups excluding carboxylic acids is 1. The molecule has 1 saturated heterocycles. The van der Waals surface area contributed by atoms with E-state index >= 15 is 0 Å². The maximum absolute atomic E-state index is 10.2. The molecule has 0 spiro atoms. The molecule has 0 radical (unpaired) electrons. The summed E-state index contributed by atoms with van der Waals surface area (Å²) in [4.78, 5) is 10.2. The van der Waals surface area contributed by atoms with Crippen molar-refractivity contribution in [2.24, 2.45) is 0 Å². The number of hydrogen-bond acceptors (Lipinski definition) is 2. The molecule has 0 aliphatic carbocycles. The Labute approximate surface area is 47.0 Å². The summed E-state index contributed by atoms with van der Waals surface area (Å²) in [6.07, 6.45) is 4.53. The van der Waals surface area contributed by atoms with Gasteiger partial charge in [-0.15, -0.1) is 6.42 Å². The number of cyclic esters (lactones) is 1. The van der Waals surface area contributed by atoms with E-state index in [0.717, 1.165) is 0 Å². The standard InChI is InChI=1S/C5H5NO2/c1-2-4-3-8-5(7)6-4/h1,4H,3H2,(H,6,7)/t4-/m1/s1. The van der Waals surface area contributed by atoms with Crippen molar-refractivity contribution in [1.29, 1.82) is 0 Å². The second-order valence-corrected chi connectivity index (χ2v) is 1.46. The Morgan fingerprint density at radius 3 is 3.00 bits per heavy atom. The number of carbonyl (C=O) groups is 1. The highest BCUT2D eigenvalue weighted by molar-refractivity contribution is 5.70. The van der Waals surface area contributed by atoms with Gasteiger partial charge in [-0.2, -0.15) is 0 Å². The van der Waals surface area contributed by atoms with Crippen LogP contribution in [0.5, 0.6) is 0 Å². The Bertz CT molecular complexity index is 147. The molecule has 0 aromatic heterocycles. The van der Waals surface area contributed by atoms with Gasteiger partial charge in [0.05, 0.1) is 0 Å². The average molecular weight is 111 g/mol. The molecule has 0 aromatic carbocycles. The van der Waals surface area contributed by atoms with E-state index in [9.17, 15) is 4.79 Å². The molecule has 3 heteroatoms. The lowest BCUT2D eigenvalue weighted by Gasteiger charge is -1.90. The molecule has 0 bridgehead atoms. The van der Waals surface area contributed by atoms with Crippen LogP contribution < -0.4 is 5.32 Å². The third-order valence-corrected chi connectivity index (χ3v) is 0.874. The Hall–Kier alpha value is -1.17. The number of amides is 1. The van der Waals surface area contributed by atoms with Crippen molar-refractivity contribution in [1.82, 2.24) is 5.32 Å². The first-order chi connectivity index (χ1) is 3.83. The first kappa shape index (κ1) is 4.98. The van der Waals surface area contributed by atoms with Crippen molar-refractivity contribution in [3.8, 4) is 12.3 Å². The fourth-order valence-electron chi connectivity index (χ4n) is 0.474. The molecule has 1 rings (SSSR count). The van der Waals surface area contributed by atoms with Crippen LogP contribution >= 0.6 is 0 Å². The van der Waals surface area contributed by atoms with Crippen LogP contribution in [0, 0.1) is 12.3 Å². The number of terminal acetylenes is 1. The molecule has 1 heterocycles. The van der Waals surface area contributed by atoms with E-state index in [-0.39, 0.29) is 6.04 Å². The van der Waals surface area contributed by atoms with Crippen molar-refractivity contribution in [3.05, 3.63) is 0 Å². The van der Waals surface area contributed by atoms with Crippen LogP contribution in [-0.4, -0.2) is 18.7 Å². The van der Waals surface area contributed by atoms with Crippen LogP contribution in [0.3, 0.4) is 0 Å². The topological polar surface area (TPSA) is 38.3 Å². The van der Waals surface area contributed by atoms with Gasteiger partial charge in [0.25, 0.3) is 0 Å². The summed E-state index contributed by atoms with van der Waals surface area (Å²) in [7, 11) is 0. The van der Waals surface area contributed by atoms with Crippen LogP contribution in [0.1, 0.15) is 0 Å². The quantitative estimate of drug-likeness (QED) is 0.437. The summed E-state index contributed by atoms with van der Waals surface area (Å²) in [6.45, 7) is 0.301. The van der Waals surface area contributed by atoms with E-state index in [1.54, 1.807) is 0 Å². The summed E-state index contributed by atoms with van der Waals surface area (Å²) < 4.78 is 4.46. The molecule has 1 fully saturated rings. The minimum absolute atomic E-state index is 0.220. The number of nitrogens with one attached hydrogen (secondary N) is 1. The normalized spacial score (nSPS) is 25.9. The van der Waals surface area contributed by atoms with Crippen molar-refractivity contribution in [2.75, 3.05) is 6.61 Å². The maximum atomic E-state index is 10.2. The van der Waals surface area contributed by atoms with Crippen molar-refractivity contribution in [2.45, 2.75) is 6.04 Å². The molecule has 8 heavy (non-hydrogen) atoms. The van der Waals surface area contributed by atoms with Gasteiger partial charge >= 0.3 is 6.09 Å². The zero-order valence-electron chi connectivity index (χ0n) is 4.18. The fourth-order valence-corrected chi connectivity index (χ4v) is 0.474. The Balaban J connectivity index is 2.47. The lowest BCUT2D eigenvalue weighted by atomic mass is 10.4. The van der Waals surface area contributed by atoms with E-state index in [4.69, 9.17) is 6.42 Å². The number of rotatable bonds is 0. The van der Waals surface area contributed by atoms with Gasteiger partial charge in [0.2, 0.25) is 0 Å². The summed E-state index contributed by atoms with van der Waals surface area (Å²) in [5.74, 6) is 2.34. The molecule has 3 nitrogen and oxygen atoms in total. The highest BCUT2D eigenvalue weighted by Gasteiger charge is 2.18. The van der Waals surface area contributed by atoms with Gasteiger partial charge in [-0.05, 0) is 0 Å². The molecule has 0 unspecified atom stereocenters. The second-order valence-electron chi connectivity index (χ2n) is 1.46. The van der Waals surface area contributed by atoms with Crippen LogP contribution in [0.15, 0.2) is 0 Å². The molecule has 1 N–H and O–H groups in total. The van der Waals surface area contributed by atoms with E-state index in [2.05, 4.69) is 16.0 Å². The Kier molecular flexibility index (Phi) is 1.09. The van der Waals surface area contributed by atoms with Crippen LogP contribution in [0.25, 0.3) is 0 Å². The molecule has 42 valence electrons. The van der Waals surface area contributed by atoms with Gasteiger partial charge in [-0.25, -0.2) is 4.79 Å². The zero-order chi connectivity index (χ0) is 5.98. The molecule has 0 aromatic rings. The SMILES string of the molecule is C#C[C@@H]1COC(=O)N1. The van der Waals surface area contributed by atoms with Crippen molar-refractivity contribution >= 4 is 6.09 Å². The van der Waals surface area contributed by atoms with Gasteiger partial charge in [0.1, 0.15) is 12.6 Å². The minimum Gasteiger partial charge on any atom is -0.446 e. The fraction of sp³-hybridized carbons (Fsp3) is 0.400. The molecule has 0 saturated carbocycles. The maximum Gasteiger partial charge on any atom is 0.408 e. The van der Waals surface area contributed by atoms with E-state index in [1.165, 1.54) is 0 Å². The number of hydrogen-bond donors (Lipinski definition) is 1. The molecule has 1 aliphatic heterocycles. The second kappa shape index (κ2) is 1.74. The van der Waals surface area contributed by atoms with Gasteiger partial charge in [0.15, 0.2) is 0 Å². The van der Waals surface area contributed by atoms with Crippen LogP contribution in [0.2, 0.25) is 0 Å². The molecular formula is C5H5NO2. The summed E-state index contributed by atoms with van der Waals surface area (Å²) in [6, 6.07) is -0.220. The van der Waals surface area contributed by atoms with Crippen molar-refractivity contribution in [3.63, 3.8) is 0 Å². The smallest absolute Gasteiger partial charge is 0.408 e. The number of ether oxygens (including phenoxy) is 1. The predicted molar refractivity (Wildman–Crippen MR) is 27.1 cm³/mol. The molecular weight excluding hydrogens is 106 g/mol. The monoisotopic (exact) mass is 111 g/mol. The summed E-state index contributed by atoms with van der Waals surface area (Å²) in [5.41, 5.74) is 0. The van der Waals surface area contributed by atoms with E-state index in [1.807, 2.05) is 0 Å². The predicted octanol–water partition coefficient (Wildman–Crippen LogP) is -0.272. The lowest BCUT2D eigenvalue weighted by Crippen LogP contribution is -2.23. The third kappa shape index (κ3) is 0.733. The highest BCUT2D eigenvalue weighted by atomic mass is 16.6. The molecule has 1 atom stereocenters. The van der Waals surface area contributed by atoms with E-state index in [0.29, 0.717) is 6.61 Å². The van der Waals surface area contributed by atoms with Crippen LogP contribution in [0.4, 0.5) is 4.79 Å². The Morgan fingerprint density at radius 1 is 2.00 bits per heavy atom. The van der Waals surface area contributed by atoms with Crippen molar-refractivity contribution < 1.29 is 9.53 Å². The van der Waals surface area contributed by atoms with Gasteiger partial charge in [-0.3, -0.25) is 0 Å². The minimum atomic E-state index is -0.423. The third-order valence-electron chi connectivity index (χ3n) is 0.874. The van der Waals surface area contributed by atoms with Gasteiger partial charge < -0.3 is 10.1 Å². The number of alkyl carbamates (subject to hydrolysis) is 1. The van der Waals surface area contributed by atoms with E-state index < -0.39 is 6.09 Å². The first-order valence-corrected chi connectivity index (χ1v) is 2.22. The Morgan fingerprint density at radius 2 is 2.75 bits per heavy atom. The molecule has 1 amide bonds. The highest BCUT2D eigenvalue weighted by Crippen LogP contribution is 1.93. The van der Waals surface area contributed by atoms with Crippen LogP contribution in [-0.2, 0) is 4.74 Å².